The van der Waals surface area contributed by atoms with Gasteiger partial charge >= 0.3 is 0 Å². The Morgan fingerprint density at radius 1 is 0.645 bits per heavy atom. The molecular formula is C29H30S2. The molecule has 0 bridgehead atoms. The molecule has 0 aliphatic heterocycles. The van der Waals surface area contributed by atoms with Gasteiger partial charge in [0.05, 0.1) is 0 Å². The van der Waals surface area contributed by atoms with Crippen molar-refractivity contribution in [1.82, 2.24) is 0 Å². The van der Waals surface area contributed by atoms with E-state index < -0.39 is 0 Å². The van der Waals surface area contributed by atoms with E-state index in [4.69, 9.17) is 0 Å². The molecule has 0 N–H and O–H groups in total. The zero-order valence-corrected chi connectivity index (χ0v) is 20.1. The second-order valence-corrected chi connectivity index (χ2v) is 10.7. The van der Waals surface area contributed by atoms with Gasteiger partial charge < -0.3 is 0 Å². The molecule has 0 radical (unpaired) electrons. The highest BCUT2D eigenvalue weighted by molar-refractivity contribution is 7.13. The monoisotopic (exact) mass is 442 g/mol. The van der Waals surface area contributed by atoms with Crippen LogP contribution in [0.3, 0.4) is 0 Å². The molecule has 0 atom stereocenters. The Morgan fingerprint density at radius 2 is 1.13 bits per heavy atom. The lowest BCUT2D eigenvalue weighted by atomic mass is 9.70. The van der Waals surface area contributed by atoms with Crippen molar-refractivity contribution in [3.63, 3.8) is 0 Å². The number of rotatable bonds is 8. The summed E-state index contributed by atoms with van der Waals surface area (Å²) in [5.74, 6) is 0. The quantitative estimate of drug-likeness (QED) is 0.255. The van der Waals surface area contributed by atoms with Gasteiger partial charge in [-0.3, -0.25) is 0 Å². The van der Waals surface area contributed by atoms with Gasteiger partial charge in [0.1, 0.15) is 0 Å². The van der Waals surface area contributed by atoms with Gasteiger partial charge in [-0.1, -0.05) is 75.9 Å². The largest absolute Gasteiger partial charge is 0.144 e. The lowest BCUT2D eigenvalue weighted by molar-refractivity contribution is 0.414. The summed E-state index contributed by atoms with van der Waals surface area (Å²) in [6.07, 6.45) is 7.52. The summed E-state index contributed by atoms with van der Waals surface area (Å²) >= 11 is 3.69. The minimum Gasteiger partial charge on any atom is -0.144 e. The van der Waals surface area contributed by atoms with E-state index in [2.05, 4.69) is 85.3 Å². The van der Waals surface area contributed by atoms with Gasteiger partial charge in [0, 0.05) is 15.2 Å². The molecule has 2 heterocycles. The first-order valence-electron chi connectivity index (χ1n) is 11.6. The topological polar surface area (TPSA) is 0 Å². The zero-order chi connectivity index (χ0) is 21.3. The summed E-state index contributed by atoms with van der Waals surface area (Å²) in [5, 5.41) is 4.37. The van der Waals surface area contributed by atoms with Crippen LogP contribution >= 0.6 is 22.7 Å². The molecule has 0 spiro atoms. The minimum atomic E-state index is 0.136. The van der Waals surface area contributed by atoms with Crippen LogP contribution in [0.5, 0.6) is 0 Å². The molecule has 31 heavy (non-hydrogen) atoms. The number of benzene rings is 2. The summed E-state index contributed by atoms with van der Waals surface area (Å²) in [6.45, 7) is 4.66. The van der Waals surface area contributed by atoms with Crippen molar-refractivity contribution in [2.45, 2.75) is 57.8 Å². The first-order chi connectivity index (χ1) is 15.3. The summed E-state index contributed by atoms with van der Waals surface area (Å²) in [7, 11) is 0. The van der Waals surface area contributed by atoms with Gasteiger partial charge in [0.2, 0.25) is 0 Å². The van der Waals surface area contributed by atoms with Crippen molar-refractivity contribution in [3.8, 4) is 32.0 Å². The van der Waals surface area contributed by atoms with Crippen LogP contribution in [0, 0.1) is 0 Å². The Kier molecular flexibility index (Phi) is 5.86. The number of thiophene rings is 2. The second kappa shape index (κ2) is 8.76. The lowest BCUT2D eigenvalue weighted by Gasteiger charge is -2.33. The van der Waals surface area contributed by atoms with E-state index in [9.17, 15) is 0 Å². The van der Waals surface area contributed by atoms with Crippen molar-refractivity contribution >= 4 is 22.7 Å². The van der Waals surface area contributed by atoms with Crippen LogP contribution in [0.25, 0.3) is 32.0 Å². The van der Waals surface area contributed by atoms with E-state index in [-0.39, 0.29) is 5.41 Å². The molecule has 0 saturated heterocycles. The van der Waals surface area contributed by atoms with Gasteiger partial charge in [-0.2, -0.15) is 0 Å². The van der Waals surface area contributed by atoms with E-state index >= 15 is 0 Å². The molecule has 0 saturated carbocycles. The third-order valence-electron chi connectivity index (χ3n) is 6.89. The van der Waals surface area contributed by atoms with Crippen LogP contribution in [0.4, 0.5) is 0 Å². The first kappa shape index (κ1) is 20.7. The van der Waals surface area contributed by atoms with Crippen LogP contribution in [0.15, 0.2) is 71.4 Å². The highest BCUT2D eigenvalue weighted by Crippen LogP contribution is 2.55. The molecule has 1 aliphatic rings. The van der Waals surface area contributed by atoms with Crippen molar-refractivity contribution in [2.24, 2.45) is 0 Å². The van der Waals surface area contributed by atoms with E-state index in [1.165, 1.54) is 70.5 Å². The zero-order valence-electron chi connectivity index (χ0n) is 18.5. The van der Waals surface area contributed by atoms with Gasteiger partial charge in [-0.25, -0.2) is 0 Å². The standard InChI is InChI=1S/C29H30S2/c1-3-5-15-29(16-6-4-2)25-19-21(27-9-7-17-30-27)11-13-23(25)24-14-12-22(20-26(24)29)28-10-8-18-31-28/h7-14,17-20H,3-6,15-16H2,1-2H3. The molecule has 0 fully saturated rings. The molecule has 5 rings (SSSR count). The van der Waals surface area contributed by atoms with Gasteiger partial charge in [-0.05, 0) is 81.2 Å². The van der Waals surface area contributed by atoms with Gasteiger partial charge in [0.25, 0.3) is 0 Å². The molecule has 2 heteroatoms. The molecule has 2 aromatic carbocycles. The third kappa shape index (κ3) is 3.60. The average molecular weight is 443 g/mol. The maximum absolute atomic E-state index is 2.53. The van der Waals surface area contributed by atoms with Crippen LogP contribution in [0.1, 0.15) is 63.5 Å². The highest BCUT2D eigenvalue weighted by atomic mass is 32.1. The fourth-order valence-electron chi connectivity index (χ4n) is 5.31. The predicted molar refractivity (Wildman–Crippen MR) is 138 cm³/mol. The van der Waals surface area contributed by atoms with Crippen molar-refractivity contribution in [1.29, 1.82) is 0 Å². The molecule has 0 unspecified atom stereocenters. The minimum absolute atomic E-state index is 0.136. The molecule has 1 aliphatic carbocycles. The van der Waals surface area contributed by atoms with Crippen LogP contribution in [-0.2, 0) is 5.41 Å². The van der Waals surface area contributed by atoms with Crippen LogP contribution in [-0.4, -0.2) is 0 Å². The number of unbranched alkanes of at least 4 members (excludes halogenated alkanes) is 2. The molecule has 2 aromatic heterocycles. The molecule has 0 amide bonds. The predicted octanol–water partition coefficient (Wildman–Crippen LogP) is 9.79. The van der Waals surface area contributed by atoms with Crippen molar-refractivity contribution in [3.05, 3.63) is 82.6 Å². The summed E-state index contributed by atoms with van der Waals surface area (Å²) in [4.78, 5) is 2.75. The Bertz CT molecular complexity index is 1060. The average Bonchev–Trinajstić information content (AvgIpc) is 3.57. The van der Waals surface area contributed by atoms with Crippen LogP contribution < -0.4 is 0 Å². The maximum atomic E-state index is 2.53. The molecule has 4 aromatic rings. The van der Waals surface area contributed by atoms with Crippen molar-refractivity contribution in [2.75, 3.05) is 0 Å². The smallest absolute Gasteiger partial charge is 0.0342 e. The highest BCUT2D eigenvalue weighted by Gasteiger charge is 2.42. The molecule has 0 nitrogen and oxygen atoms in total. The third-order valence-corrected chi connectivity index (χ3v) is 8.72. The number of fused-ring (bicyclic) bond motifs is 3. The summed E-state index contributed by atoms with van der Waals surface area (Å²) in [5.41, 5.74) is 8.93. The van der Waals surface area contributed by atoms with E-state index in [1.54, 1.807) is 11.1 Å². The van der Waals surface area contributed by atoms with Crippen molar-refractivity contribution < 1.29 is 0 Å². The number of hydrogen-bond donors (Lipinski definition) is 0. The fourth-order valence-corrected chi connectivity index (χ4v) is 6.76. The Hall–Kier alpha value is -2.16. The van der Waals surface area contributed by atoms with E-state index in [1.807, 2.05) is 22.7 Å². The van der Waals surface area contributed by atoms with E-state index in [0.717, 1.165) is 0 Å². The summed E-state index contributed by atoms with van der Waals surface area (Å²) < 4.78 is 0. The maximum Gasteiger partial charge on any atom is 0.0342 e. The Balaban J connectivity index is 1.72. The molecular weight excluding hydrogens is 412 g/mol. The number of hydrogen-bond acceptors (Lipinski definition) is 2. The first-order valence-corrected chi connectivity index (χ1v) is 13.4. The summed E-state index contributed by atoms with van der Waals surface area (Å²) in [6, 6.07) is 23.3. The normalized spacial score (nSPS) is 13.9. The second-order valence-electron chi connectivity index (χ2n) is 8.76. The van der Waals surface area contributed by atoms with E-state index in [0.29, 0.717) is 0 Å². The van der Waals surface area contributed by atoms with Gasteiger partial charge in [-0.15, -0.1) is 22.7 Å². The lowest BCUT2D eigenvalue weighted by Crippen LogP contribution is -2.25. The van der Waals surface area contributed by atoms with Crippen LogP contribution in [0.2, 0.25) is 0 Å². The Labute approximate surface area is 194 Å². The molecule has 158 valence electrons. The SMILES string of the molecule is CCCCC1(CCCC)c2cc(-c3cccs3)ccc2-c2ccc(-c3cccs3)cc21. The van der Waals surface area contributed by atoms with Gasteiger partial charge in [0.15, 0.2) is 0 Å². The fraction of sp³-hybridized carbons (Fsp3) is 0.310. The Morgan fingerprint density at radius 3 is 1.52 bits per heavy atom.